The molecule has 8 heteroatoms. The number of primary amides is 1. The number of hydrogen-bond acceptors (Lipinski definition) is 4. The number of nitrogens with zero attached hydrogens (tertiary/aromatic N) is 2. The second kappa shape index (κ2) is 5.70. The van der Waals surface area contributed by atoms with Gasteiger partial charge in [-0.25, -0.2) is 0 Å². The first-order valence-electron chi connectivity index (χ1n) is 7.24. The Kier molecular flexibility index (Phi) is 3.82. The third-order valence-electron chi connectivity index (χ3n) is 4.02. The molecule has 1 aliphatic carbocycles. The predicted octanol–water partition coefficient (Wildman–Crippen LogP) is 1.86. The summed E-state index contributed by atoms with van der Waals surface area (Å²) in [5.74, 6) is -0.333. The molecule has 1 amide bonds. The van der Waals surface area contributed by atoms with Crippen LogP contribution in [0.2, 0.25) is 0 Å². The number of carbonyl (C=O) groups excluding carboxylic acids is 1. The Balaban J connectivity index is 1.97. The standard InChI is InChI=1S/C16H15F3N4O/c17-16(18,19)12-4-2-1-3-10(12)9-5-6-11-13(7-9)23(8-14(20)24)22-15(11)21/h1-6,13H,7-8H2,(H2,20,24)(H2,21,22). The molecule has 0 fully saturated rings. The molecular weight excluding hydrogens is 321 g/mol. The molecule has 0 saturated heterocycles. The number of amidine groups is 1. The largest absolute Gasteiger partial charge is 0.416 e. The zero-order valence-electron chi connectivity index (χ0n) is 12.5. The van der Waals surface area contributed by atoms with E-state index in [1.807, 2.05) is 0 Å². The minimum atomic E-state index is -4.44. The molecule has 24 heavy (non-hydrogen) atoms. The molecule has 1 aromatic carbocycles. The van der Waals surface area contributed by atoms with E-state index in [4.69, 9.17) is 11.5 Å². The average molecular weight is 336 g/mol. The van der Waals surface area contributed by atoms with Crippen molar-refractivity contribution in [3.8, 4) is 0 Å². The molecule has 2 aliphatic rings. The van der Waals surface area contributed by atoms with Crippen molar-refractivity contribution >= 4 is 17.3 Å². The molecule has 0 saturated carbocycles. The number of amides is 1. The van der Waals surface area contributed by atoms with Crippen LogP contribution in [0, 0.1) is 0 Å². The number of nitrogens with two attached hydrogens (primary N) is 2. The predicted molar refractivity (Wildman–Crippen MR) is 83.4 cm³/mol. The minimum absolute atomic E-state index is 0.116. The Morgan fingerprint density at radius 2 is 2.00 bits per heavy atom. The molecule has 1 unspecified atom stereocenters. The van der Waals surface area contributed by atoms with Crippen LogP contribution in [0.4, 0.5) is 13.2 Å². The molecule has 1 atom stereocenters. The molecule has 0 spiro atoms. The highest BCUT2D eigenvalue weighted by atomic mass is 19.4. The van der Waals surface area contributed by atoms with E-state index in [-0.39, 0.29) is 24.4 Å². The molecule has 1 aromatic rings. The summed E-state index contributed by atoms with van der Waals surface area (Å²) in [5.41, 5.74) is 11.6. The van der Waals surface area contributed by atoms with Crippen molar-refractivity contribution in [3.05, 3.63) is 53.1 Å². The molecule has 0 radical (unpaired) electrons. The number of hydrazone groups is 1. The lowest BCUT2D eigenvalue weighted by Crippen LogP contribution is -2.36. The monoisotopic (exact) mass is 336 g/mol. The van der Waals surface area contributed by atoms with Crippen molar-refractivity contribution in [2.24, 2.45) is 16.6 Å². The second-order valence-corrected chi connectivity index (χ2v) is 5.63. The zero-order valence-corrected chi connectivity index (χ0v) is 12.5. The van der Waals surface area contributed by atoms with Gasteiger partial charge in [0.25, 0.3) is 0 Å². The highest BCUT2D eigenvalue weighted by Gasteiger charge is 2.37. The Labute approximate surface area is 136 Å². The third kappa shape index (κ3) is 2.86. The summed E-state index contributed by atoms with van der Waals surface area (Å²) in [5, 5.41) is 5.50. The van der Waals surface area contributed by atoms with Gasteiger partial charge in [-0.15, -0.1) is 0 Å². The third-order valence-corrected chi connectivity index (χ3v) is 4.02. The van der Waals surface area contributed by atoms with E-state index >= 15 is 0 Å². The Bertz CT molecular complexity index is 780. The molecule has 5 nitrogen and oxygen atoms in total. The van der Waals surface area contributed by atoms with Gasteiger partial charge in [-0.1, -0.05) is 30.4 Å². The van der Waals surface area contributed by atoms with Gasteiger partial charge in [0.1, 0.15) is 12.4 Å². The Morgan fingerprint density at radius 1 is 1.29 bits per heavy atom. The van der Waals surface area contributed by atoms with Gasteiger partial charge in [-0.3, -0.25) is 9.80 Å². The summed E-state index contributed by atoms with van der Waals surface area (Å²) < 4.78 is 39.7. The number of benzene rings is 1. The van der Waals surface area contributed by atoms with E-state index in [2.05, 4.69) is 5.10 Å². The van der Waals surface area contributed by atoms with Gasteiger partial charge in [0.05, 0.1) is 11.6 Å². The Hall–Kier alpha value is -2.77. The highest BCUT2D eigenvalue weighted by Crippen LogP contribution is 2.39. The van der Waals surface area contributed by atoms with Gasteiger partial charge in [0.2, 0.25) is 5.91 Å². The topological polar surface area (TPSA) is 84.7 Å². The maximum atomic E-state index is 13.2. The maximum absolute atomic E-state index is 13.2. The summed E-state index contributed by atoms with van der Waals surface area (Å²) in [6.45, 7) is -0.142. The SMILES string of the molecule is NC(=O)CN1N=C(N)C2=CC=C(c3ccccc3C(F)(F)F)CC21. The van der Waals surface area contributed by atoms with Crippen LogP contribution >= 0.6 is 0 Å². The summed E-state index contributed by atoms with van der Waals surface area (Å²) in [6, 6.07) is 5.01. The normalized spacial score (nSPS) is 20.2. The Morgan fingerprint density at radius 3 is 2.67 bits per heavy atom. The van der Waals surface area contributed by atoms with Crippen molar-refractivity contribution in [1.82, 2.24) is 5.01 Å². The molecule has 0 aromatic heterocycles. The fourth-order valence-corrected chi connectivity index (χ4v) is 2.99. The van der Waals surface area contributed by atoms with Crippen molar-refractivity contribution in [3.63, 3.8) is 0 Å². The first kappa shape index (κ1) is 16.1. The van der Waals surface area contributed by atoms with E-state index in [1.165, 1.54) is 17.1 Å². The van der Waals surface area contributed by atoms with E-state index in [1.54, 1.807) is 18.2 Å². The van der Waals surface area contributed by atoms with Gasteiger partial charge < -0.3 is 11.5 Å². The van der Waals surface area contributed by atoms with Gasteiger partial charge in [-0.05, 0) is 23.6 Å². The number of fused-ring (bicyclic) bond motifs is 1. The molecule has 3 rings (SSSR count). The fourth-order valence-electron chi connectivity index (χ4n) is 2.99. The summed E-state index contributed by atoms with van der Waals surface area (Å²) >= 11 is 0. The quantitative estimate of drug-likeness (QED) is 0.883. The molecule has 126 valence electrons. The summed E-state index contributed by atoms with van der Waals surface area (Å²) in [7, 11) is 0. The first-order chi connectivity index (χ1) is 11.3. The number of alkyl halides is 3. The lowest BCUT2D eigenvalue weighted by Gasteiger charge is -2.27. The van der Waals surface area contributed by atoms with Gasteiger partial charge in [-0.2, -0.15) is 18.3 Å². The molecule has 0 bridgehead atoms. The number of carbonyl (C=O) groups is 1. The summed E-state index contributed by atoms with van der Waals surface area (Å²) in [6.07, 6.45) is -0.918. The van der Waals surface area contributed by atoms with Gasteiger partial charge in [0.15, 0.2) is 0 Å². The van der Waals surface area contributed by atoms with Crippen LogP contribution in [0.5, 0.6) is 0 Å². The van der Waals surface area contributed by atoms with Crippen LogP contribution in [0.3, 0.4) is 0 Å². The van der Waals surface area contributed by atoms with E-state index in [0.717, 1.165) is 6.07 Å². The van der Waals surface area contributed by atoms with Gasteiger partial charge >= 0.3 is 6.18 Å². The minimum Gasteiger partial charge on any atom is -0.382 e. The van der Waals surface area contributed by atoms with E-state index in [9.17, 15) is 18.0 Å². The van der Waals surface area contributed by atoms with Crippen LogP contribution < -0.4 is 11.5 Å². The number of allylic oxidation sites excluding steroid dienone is 2. The smallest absolute Gasteiger partial charge is 0.382 e. The lowest BCUT2D eigenvalue weighted by molar-refractivity contribution is -0.137. The number of halogens is 3. The zero-order chi connectivity index (χ0) is 17.5. The molecule has 1 aliphatic heterocycles. The van der Waals surface area contributed by atoms with Crippen molar-refractivity contribution in [1.29, 1.82) is 0 Å². The fraction of sp³-hybridized carbons (Fsp3) is 0.250. The van der Waals surface area contributed by atoms with E-state index < -0.39 is 23.7 Å². The maximum Gasteiger partial charge on any atom is 0.416 e. The molecular formula is C16H15F3N4O. The van der Waals surface area contributed by atoms with Crippen LogP contribution in [0.25, 0.3) is 5.57 Å². The lowest BCUT2D eigenvalue weighted by atomic mass is 9.87. The molecule has 4 N–H and O–H groups in total. The van der Waals surface area contributed by atoms with Crippen LogP contribution in [-0.2, 0) is 11.0 Å². The summed E-state index contributed by atoms with van der Waals surface area (Å²) in [4.78, 5) is 11.2. The van der Waals surface area contributed by atoms with Crippen LogP contribution in [-0.4, -0.2) is 29.3 Å². The van der Waals surface area contributed by atoms with Crippen LogP contribution in [0.15, 0.2) is 47.1 Å². The van der Waals surface area contributed by atoms with Crippen molar-refractivity contribution in [2.45, 2.75) is 18.6 Å². The van der Waals surface area contributed by atoms with Crippen LogP contribution in [0.1, 0.15) is 17.5 Å². The van der Waals surface area contributed by atoms with Gasteiger partial charge in [0, 0.05) is 5.57 Å². The van der Waals surface area contributed by atoms with Crippen molar-refractivity contribution in [2.75, 3.05) is 6.54 Å². The van der Waals surface area contributed by atoms with E-state index in [0.29, 0.717) is 11.1 Å². The first-order valence-corrected chi connectivity index (χ1v) is 7.24. The van der Waals surface area contributed by atoms with Crippen molar-refractivity contribution < 1.29 is 18.0 Å². The average Bonchev–Trinajstić information content (AvgIpc) is 2.81. The number of rotatable bonds is 3. The second-order valence-electron chi connectivity index (χ2n) is 5.63. The molecule has 1 heterocycles. The number of hydrogen-bond donors (Lipinski definition) is 2. The highest BCUT2D eigenvalue weighted by molar-refractivity contribution is 6.01.